The number of aliphatic imine (C=N–C) groups is 1. The van der Waals surface area contributed by atoms with Crippen molar-refractivity contribution in [3.63, 3.8) is 0 Å². The van der Waals surface area contributed by atoms with Crippen LogP contribution < -0.4 is 5.48 Å². The summed E-state index contributed by atoms with van der Waals surface area (Å²) < 4.78 is 0. The van der Waals surface area contributed by atoms with E-state index in [9.17, 15) is 10.3 Å². The lowest BCUT2D eigenvalue weighted by molar-refractivity contribution is 0.365. The largest absolute Gasteiger partial charge is 0.508 e. The van der Waals surface area contributed by atoms with Crippen LogP contribution in [0.1, 0.15) is 25.0 Å². The third-order valence-electron chi connectivity index (χ3n) is 4.58. The first-order chi connectivity index (χ1) is 14.9. The minimum absolute atomic E-state index is 0.252. The van der Waals surface area contributed by atoms with Crippen LogP contribution in [0.3, 0.4) is 0 Å². The smallest absolute Gasteiger partial charge is 0.169 e. The van der Waals surface area contributed by atoms with Crippen molar-refractivity contribution < 1.29 is 10.3 Å². The molecule has 3 aromatic carbocycles. The van der Waals surface area contributed by atoms with Gasteiger partial charge in [0.05, 0.1) is 11.4 Å². The van der Waals surface area contributed by atoms with Gasteiger partial charge in [-0.1, -0.05) is 67.6 Å². The summed E-state index contributed by atoms with van der Waals surface area (Å²) in [7, 11) is 0. The van der Waals surface area contributed by atoms with Crippen LogP contribution in [0.5, 0.6) is 5.75 Å². The van der Waals surface area contributed by atoms with Crippen LogP contribution in [0, 0.1) is 12.8 Å². The van der Waals surface area contributed by atoms with Gasteiger partial charge in [0.1, 0.15) is 5.75 Å². The Morgan fingerprint density at radius 3 is 2.52 bits per heavy atom. The molecule has 0 aliphatic rings. The van der Waals surface area contributed by atoms with E-state index in [0.29, 0.717) is 23.8 Å². The molecule has 5 nitrogen and oxygen atoms in total. The van der Waals surface area contributed by atoms with Crippen molar-refractivity contribution in [2.45, 2.75) is 32.2 Å². The maximum Gasteiger partial charge on any atom is 0.169 e. The second-order valence-corrected chi connectivity index (χ2v) is 8.93. The molecule has 0 bridgehead atoms. The molecule has 0 spiro atoms. The van der Waals surface area contributed by atoms with Crippen molar-refractivity contribution in [1.82, 2.24) is 4.90 Å². The van der Waals surface area contributed by atoms with Crippen molar-refractivity contribution in [2.24, 2.45) is 10.9 Å². The monoisotopic (exact) mass is 435 g/mol. The van der Waals surface area contributed by atoms with E-state index in [4.69, 9.17) is 4.99 Å². The average molecular weight is 436 g/mol. The SMILES string of the molecule is Cc1cccc(SC(=Nc2ccccc2NO)N(Cc2cccc(O)c2)CC(C)C)c1. The minimum atomic E-state index is 0.252. The Kier molecular flexibility index (Phi) is 7.98. The van der Waals surface area contributed by atoms with E-state index < -0.39 is 0 Å². The van der Waals surface area contributed by atoms with Gasteiger partial charge in [0, 0.05) is 18.0 Å². The molecular weight excluding hydrogens is 406 g/mol. The fraction of sp³-hybridized carbons (Fsp3) is 0.240. The van der Waals surface area contributed by atoms with Crippen LogP contribution in [-0.4, -0.2) is 26.9 Å². The molecule has 0 aliphatic carbocycles. The fourth-order valence-corrected chi connectivity index (χ4v) is 4.25. The Balaban J connectivity index is 2.04. The maximum absolute atomic E-state index is 9.93. The number of benzene rings is 3. The summed E-state index contributed by atoms with van der Waals surface area (Å²) in [5.74, 6) is 0.661. The Bertz CT molecular complexity index is 1040. The lowest BCUT2D eigenvalue weighted by Crippen LogP contribution is -2.32. The molecule has 0 aromatic heterocycles. The Hall–Kier alpha value is -2.96. The first kappa shape index (κ1) is 22.7. The minimum Gasteiger partial charge on any atom is -0.508 e. The number of para-hydroxylation sites is 2. The van der Waals surface area contributed by atoms with Crippen LogP contribution in [0.15, 0.2) is 82.7 Å². The Labute approximate surface area is 188 Å². The topological polar surface area (TPSA) is 68.1 Å². The summed E-state index contributed by atoms with van der Waals surface area (Å²) in [5.41, 5.74) is 5.64. The number of aryl methyl sites for hydroxylation is 1. The molecule has 0 heterocycles. The van der Waals surface area contributed by atoms with E-state index in [1.165, 1.54) is 5.56 Å². The zero-order chi connectivity index (χ0) is 22.2. The van der Waals surface area contributed by atoms with E-state index >= 15 is 0 Å². The molecule has 0 saturated heterocycles. The van der Waals surface area contributed by atoms with Crippen molar-refractivity contribution in [2.75, 3.05) is 12.0 Å². The second kappa shape index (κ2) is 10.9. The first-order valence-electron chi connectivity index (χ1n) is 10.3. The molecule has 162 valence electrons. The van der Waals surface area contributed by atoms with Crippen LogP contribution in [-0.2, 0) is 6.54 Å². The predicted octanol–water partition coefficient (Wildman–Crippen LogP) is 6.44. The van der Waals surface area contributed by atoms with Gasteiger partial charge in [-0.05, 0) is 54.8 Å². The molecule has 0 radical (unpaired) electrons. The maximum atomic E-state index is 9.93. The quantitative estimate of drug-likeness (QED) is 0.172. The van der Waals surface area contributed by atoms with E-state index in [1.54, 1.807) is 30.0 Å². The lowest BCUT2D eigenvalue weighted by Gasteiger charge is -2.28. The molecule has 0 unspecified atom stereocenters. The highest BCUT2D eigenvalue weighted by atomic mass is 32.2. The zero-order valence-corrected chi connectivity index (χ0v) is 18.9. The van der Waals surface area contributed by atoms with Crippen LogP contribution >= 0.6 is 11.8 Å². The zero-order valence-electron chi connectivity index (χ0n) is 18.1. The third-order valence-corrected chi connectivity index (χ3v) is 5.60. The van der Waals surface area contributed by atoms with Crippen molar-refractivity contribution in [3.8, 4) is 5.75 Å². The van der Waals surface area contributed by atoms with Crippen LogP contribution in [0.2, 0.25) is 0 Å². The van der Waals surface area contributed by atoms with Crippen molar-refractivity contribution in [3.05, 3.63) is 83.9 Å². The molecular formula is C25H29N3O2S. The van der Waals surface area contributed by atoms with Crippen molar-refractivity contribution in [1.29, 1.82) is 0 Å². The number of amidine groups is 1. The number of phenols is 1. The molecule has 0 amide bonds. The van der Waals surface area contributed by atoms with Gasteiger partial charge < -0.3 is 10.0 Å². The van der Waals surface area contributed by atoms with Gasteiger partial charge in [-0.2, -0.15) is 0 Å². The Morgan fingerprint density at radius 1 is 1.03 bits per heavy atom. The van der Waals surface area contributed by atoms with Crippen molar-refractivity contribution >= 4 is 28.3 Å². The normalized spacial score (nSPS) is 11.6. The first-order valence-corrected chi connectivity index (χ1v) is 11.1. The number of rotatable bonds is 7. The number of aromatic hydroxyl groups is 1. The van der Waals surface area contributed by atoms with Gasteiger partial charge in [-0.25, -0.2) is 4.99 Å². The van der Waals surface area contributed by atoms with E-state index in [0.717, 1.165) is 22.2 Å². The Morgan fingerprint density at radius 2 is 1.81 bits per heavy atom. The number of nitrogens with one attached hydrogen (secondary N) is 1. The van der Waals surface area contributed by atoms with Gasteiger partial charge in [-0.15, -0.1) is 0 Å². The summed E-state index contributed by atoms with van der Waals surface area (Å²) in [6.45, 7) is 7.83. The average Bonchev–Trinajstić information content (AvgIpc) is 2.73. The van der Waals surface area contributed by atoms with Crippen LogP contribution in [0.4, 0.5) is 11.4 Å². The number of anilines is 1. The molecule has 0 saturated carbocycles. The van der Waals surface area contributed by atoms with E-state index in [2.05, 4.69) is 49.4 Å². The van der Waals surface area contributed by atoms with E-state index in [1.807, 2.05) is 36.4 Å². The molecule has 0 aliphatic heterocycles. The van der Waals surface area contributed by atoms with Gasteiger partial charge in [-0.3, -0.25) is 10.7 Å². The molecule has 3 aromatic rings. The van der Waals surface area contributed by atoms with E-state index in [-0.39, 0.29) is 5.75 Å². The van der Waals surface area contributed by atoms with Gasteiger partial charge in [0.2, 0.25) is 0 Å². The molecule has 6 heteroatoms. The summed E-state index contributed by atoms with van der Waals surface area (Å²) in [6.07, 6.45) is 0. The number of hydrogen-bond acceptors (Lipinski definition) is 5. The third kappa shape index (κ3) is 6.77. The number of phenolic OH excluding ortho intramolecular Hbond substituents is 1. The van der Waals surface area contributed by atoms with Gasteiger partial charge >= 0.3 is 0 Å². The van der Waals surface area contributed by atoms with Crippen LogP contribution in [0.25, 0.3) is 0 Å². The molecule has 3 rings (SSSR count). The van der Waals surface area contributed by atoms with Gasteiger partial charge in [0.15, 0.2) is 5.17 Å². The second-order valence-electron chi connectivity index (χ2n) is 7.89. The molecule has 0 atom stereocenters. The highest BCUT2D eigenvalue weighted by Crippen LogP contribution is 2.30. The molecule has 31 heavy (non-hydrogen) atoms. The summed E-state index contributed by atoms with van der Waals surface area (Å²) >= 11 is 1.59. The highest BCUT2D eigenvalue weighted by Gasteiger charge is 2.17. The fourth-order valence-electron chi connectivity index (χ4n) is 3.24. The lowest BCUT2D eigenvalue weighted by atomic mass is 10.1. The summed E-state index contributed by atoms with van der Waals surface area (Å²) in [5, 5.41) is 20.3. The van der Waals surface area contributed by atoms with Gasteiger partial charge in [0.25, 0.3) is 0 Å². The number of thioether (sulfide) groups is 1. The predicted molar refractivity (Wildman–Crippen MR) is 129 cm³/mol. The molecule has 3 N–H and O–H groups in total. The summed E-state index contributed by atoms with van der Waals surface area (Å²) in [4.78, 5) is 8.26. The highest BCUT2D eigenvalue weighted by molar-refractivity contribution is 8.13. The summed E-state index contributed by atoms with van der Waals surface area (Å²) in [6, 6.07) is 23.1. The number of hydrogen-bond donors (Lipinski definition) is 3. The molecule has 0 fully saturated rings. The number of nitrogens with zero attached hydrogens (tertiary/aromatic N) is 2. The standard InChI is InChI=1S/C25H29N3O2S/c1-18(2)16-28(17-20-9-7-10-21(29)15-20)25(31-22-11-6-8-19(3)14-22)26-23-12-4-5-13-24(23)27-30/h4-15,18,27,29-30H,16-17H2,1-3H3.